The first kappa shape index (κ1) is 14.4. The van der Waals surface area contributed by atoms with Crippen LogP contribution in [-0.4, -0.2) is 21.7 Å². The number of nitrogens with one attached hydrogen (secondary N) is 1. The van der Waals surface area contributed by atoms with Gasteiger partial charge in [0.05, 0.1) is 11.7 Å². The highest BCUT2D eigenvalue weighted by Crippen LogP contribution is 2.29. The third kappa shape index (κ3) is 3.37. The normalized spacial score (nSPS) is 28.1. The van der Waals surface area contributed by atoms with Gasteiger partial charge in [-0.15, -0.1) is 11.6 Å². The second kappa shape index (κ2) is 6.95. The van der Waals surface area contributed by atoms with Gasteiger partial charge in [-0.1, -0.05) is 25.7 Å². The largest absolute Gasteiger partial charge is 0.308 e. The fraction of sp³-hybridized carbons (Fsp3) is 0.812. The molecule has 0 aliphatic heterocycles. The molecule has 1 aromatic rings. The van der Waals surface area contributed by atoms with E-state index < -0.39 is 0 Å². The van der Waals surface area contributed by atoms with Gasteiger partial charge in [-0.2, -0.15) is 5.10 Å². The third-order valence-electron chi connectivity index (χ3n) is 5.02. The molecule has 0 amide bonds. The van der Waals surface area contributed by atoms with Gasteiger partial charge in [0.25, 0.3) is 0 Å². The van der Waals surface area contributed by atoms with Gasteiger partial charge >= 0.3 is 0 Å². The molecule has 2 saturated carbocycles. The molecule has 1 aromatic heterocycles. The van der Waals surface area contributed by atoms with Crippen molar-refractivity contribution in [1.29, 1.82) is 0 Å². The lowest BCUT2D eigenvalue weighted by atomic mass is 9.86. The molecular formula is C16H26ClN3. The van der Waals surface area contributed by atoms with Crippen LogP contribution < -0.4 is 5.32 Å². The average molecular weight is 296 g/mol. The van der Waals surface area contributed by atoms with Gasteiger partial charge in [0.2, 0.25) is 0 Å². The Balaban J connectivity index is 1.52. The molecule has 2 fully saturated rings. The van der Waals surface area contributed by atoms with Crippen LogP contribution in [0.2, 0.25) is 0 Å². The Hall–Kier alpha value is -0.540. The van der Waals surface area contributed by atoms with E-state index in [0.717, 1.165) is 12.4 Å². The van der Waals surface area contributed by atoms with E-state index in [-0.39, 0.29) is 0 Å². The lowest BCUT2D eigenvalue weighted by molar-refractivity contribution is 0.281. The third-order valence-corrected chi connectivity index (χ3v) is 5.41. The van der Waals surface area contributed by atoms with Gasteiger partial charge in [0, 0.05) is 24.7 Å². The minimum Gasteiger partial charge on any atom is -0.308 e. The monoisotopic (exact) mass is 295 g/mol. The van der Waals surface area contributed by atoms with Crippen LogP contribution in [0.3, 0.4) is 0 Å². The molecule has 20 heavy (non-hydrogen) atoms. The lowest BCUT2D eigenvalue weighted by Crippen LogP contribution is -2.39. The van der Waals surface area contributed by atoms with Crippen LogP contribution in [0, 0.1) is 5.92 Å². The quantitative estimate of drug-likeness (QED) is 0.835. The van der Waals surface area contributed by atoms with E-state index in [1.165, 1.54) is 57.1 Å². The van der Waals surface area contributed by atoms with Crippen LogP contribution in [-0.2, 0) is 6.54 Å². The summed E-state index contributed by atoms with van der Waals surface area (Å²) >= 11 is 6.09. The Morgan fingerprint density at radius 2 is 1.90 bits per heavy atom. The van der Waals surface area contributed by atoms with E-state index in [0.29, 0.717) is 18.0 Å². The molecule has 1 heterocycles. The van der Waals surface area contributed by atoms with Crippen LogP contribution in [0.1, 0.15) is 63.1 Å². The molecule has 1 N–H and O–H groups in total. The Morgan fingerprint density at radius 1 is 1.15 bits per heavy atom. The Kier molecular flexibility index (Phi) is 5.00. The predicted molar refractivity (Wildman–Crippen MR) is 83.0 cm³/mol. The first-order valence-corrected chi connectivity index (χ1v) is 8.73. The zero-order valence-electron chi connectivity index (χ0n) is 12.2. The smallest absolute Gasteiger partial charge is 0.0762 e. The van der Waals surface area contributed by atoms with Gasteiger partial charge in [-0.3, -0.25) is 4.68 Å². The van der Waals surface area contributed by atoms with Crippen molar-refractivity contribution in [3.63, 3.8) is 0 Å². The van der Waals surface area contributed by atoms with Crippen molar-refractivity contribution >= 4 is 11.6 Å². The minimum atomic E-state index is 0.581. The summed E-state index contributed by atoms with van der Waals surface area (Å²) < 4.78 is 2.18. The topological polar surface area (TPSA) is 29.9 Å². The van der Waals surface area contributed by atoms with Crippen LogP contribution in [0.15, 0.2) is 12.3 Å². The molecule has 0 spiro atoms. The van der Waals surface area contributed by atoms with Crippen molar-refractivity contribution in [2.24, 2.45) is 5.92 Å². The highest BCUT2D eigenvalue weighted by atomic mass is 35.5. The molecule has 4 heteroatoms. The molecule has 112 valence electrons. The van der Waals surface area contributed by atoms with E-state index >= 15 is 0 Å². The predicted octanol–water partition coefficient (Wildman–Crippen LogP) is 3.89. The number of alkyl halides is 1. The van der Waals surface area contributed by atoms with Crippen LogP contribution >= 0.6 is 11.6 Å². The maximum Gasteiger partial charge on any atom is 0.0762 e. The second-order valence-electron chi connectivity index (χ2n) is 6.41. The molecule has 2 unspecified atom stereocenters. The van der Waals surface area contributed by atoms with Gasteiger partial charge < -0.3 is 5.32 Å². The van der Waals surface area contributed by atoms with Crippen LogP contribution in [0.4, 0.5) is 0 Å². The Bertz CT molecular complexity index is 412. The van der Waals surface area contributed by atoms with Gasteiger partial charge in [0.15, 0.2) is 0 Å². The summed E-state index contributed by atoms with van der Waals surface area (Å²) in [6, 6.07) is 3.40. The van der Waals surface area contributed by atoms with Gasteiger partial charge in [0.1, 0.15) is 0 Å². The fourth-order valence-corrected chi connectivity index (χ4v) is 4.11. The average Bonchev–Trinajstić information content (AvgIpc) is 3.16. The molecule has 3 rings (SSSR count). The first-order valence-electron chi connectivity index (χ1n) is 8.20. The minimum absolute atomic E-state index is 0.581. The van der Waals surface area contributed by atoms with Crippen LogP contribution in [0.5, 0.6) is 0 Å². The fourth-order valence-electron chi connectivity index (χ4n) is 3.74. The van der Waals surface area contributed by atoms with Crippen molar-refractivity contribution in [3.8, 4) is 0 Å². The van der Waals surface area contributed by atoms with Crippen molar-refractivity contribution < 1.29 is 0 Å². The van der Waals surface area contributed by atoms with Gasteiger partial charge in [-0.25, -0.2) is 0 Å². The number of halogens is 1. The SMILES string of the molecule is ClCC1CCCCC1NCc1ccn(C2CCCC2)n1. The summed E-state index contributed by atoms with van der Waals surface area (Å²) in [6.07, 6.45) is 12.7. The van der Waals surface area contributed by atoms with Gasteiger partial charge in [-0.05, 0) is 37.7 Å². The number of aromatic nitrogens is 2. The molecule has 2 atom stereocenters. The number of hydrogen-bond acceptors (Lipinski definition) is 2. The van der Waals surface area contributed by atoms with E-state index in [9.17, 15) is 0 Å². The molecule has 0 radical (unpaired) electrons. The lowest BCUT2D eigenvalue weighted by Gasteiger charge is -2.30. The number of hydrogen-bond donors (Lipinski definition) is 1. The van der Waals surface area contributed by atoms with E-state index in [1.54, 1.807) is 0 Å². The standard InChI is InChI=1S/C16H26ClN3/c17-11-13-5-1-4-8-16(13)18-12-14-9-10-20(19-14)15-6-2-3-7-15/h9-10,13,15-16,18H,1-8,11-12H2. The summed E-state index contributed by atoms with van der Waals surface area (Å²) in [5.41, 5.74) is 1.18. The number of nitrogens with zero attached hydrogens (tertiary/aromatic N) is 2. The molecule has 2 aliphatic carbocycles. The Labute approximate surface area is 127 Å². The zero-order valence-corrected chi connectivity index (χ0v) is 13.0. The summed E-state index contributed by atoms with van der Waals surface area (Å²) in [5, 5.41) is 8.43. The highest BCUT2D eigenvalue weighted by molar-refractivity contribution is 6.18. The summed E-state index contributed by atoms with van der Waals surface area (Å²) in [4.78, 5) is 0. The highest BCUT2D eigenvalue weighted by Gasteiger charge is 2.24. The molecule has 0 bridgehead atoms. The van der Waals surface area contributed by atoms with Crippen molar-refractivity contribution in [1.82, 2.24) is 15.1 Å². The summed E-state index contributed by atoms with van der Waals surface area (Å²) in [5.74, 6) is 1.43. The number of rotatable bonds is 5. The first-order chi connectivity index (χ1) is 9.86. The maximum absolute atomic E-state index is 6.09. The summed E-state index contributed by atoms with van der Waals surface area (Å²) in [7, 11) is 0. The Morgan fingerprint density at radius 3 is 2.70 bits per heavy atom. The van der Waals surface area contributed by atoms with Crippen molar-refractivity contribution in [2.45, 2.75) is 70.0 Å². The second-order valence-corrected chi connectivity index (χ2v) is 6.72. The van der Waals surface area contributed by atoms with E-state index in [2.05, 4.69) is 22.3 Å². The zero-order chi connectivity index (χ0) is 13.8. The maximum atomic E-state index is 6.09. The van der Waals surface area contributed by atoms with Crippen molar-refractivity contribution in [3.05, 3.63) is 18.0 Å². The molecule has 3 nitrogen and oxygen atoms in total. The van der Waals surface area contributed by atoms with E-state index in [4.69, 9.17) is 16.7 Å². The molecule has 0 saturated heterocycles. The molecule has 0 aromatic carbocycles. The van der Waals surface area contributed by atoms with E-state index in [1.807, 2.05) is 0 Å². The molecule has 2 aliphatic rings. The summed E-state index contributed by atoms with van der Waals surface area (Å²) in [6.45, 7) is 0.887. The van der Waals surface area contributed by atoms with Crippen LogP contribution in [0.25, 0.3) is 0 Å². The van der Waals surface area contributed by atoms with Crippen molar-refractivity contribution in [2.75, 3.05) is 5.88 Å². The molecular weight excluding hydrogens is 270 g/mol.